The Morgan fingerprint density at radius 2 is 1.48 bits per heavy atom. The SMILES string of the molecule is CCC(OS(C)(=O)=O)c1ccc(-c2ccc(Cl)cc2)cc1. The van der Waals surface area contributed by atoms with E-state index in [4.69, 9.17) is 15.8 Å². The highest BCUT2D eigenvalue weighted by Crippen LogP contribution is 2.27. The van der Waals surface area contributed by atoms with Gasteiger partial charge in [0.1, 0.15) is 6.10 Å². The average molecular weight is 325 g/mol. The summed E-state index contributed by atoms with van der Waals surface area (Å²) >= 11 is 5.87. The third-order valence-electron chi connectivity index (χ3n) is 3.12. The van der Waals surface area contributed by atoms with Gasteiger partial charge in [0.2, 0.25) is 0 Å². The second-order valence-corrected chi connectivity index (χ2v) is 6.86. The first kappa shape index (κ1) is 16.0. The fourth-order valence-electron chi connectivity index (χ4n) is 2.10. The zero-order valence-electron chi connectivity index (χ0n) is 11.9. The highest BCUT2D eigenvalue weighted by molar-refractivity contribution is 7.86. The summed E-state index contributed by atoms with van der Waals surface area (Å²) in [6, 6.07) is 15.3. The van der Waals surface area contributed by atoms with Gasteiger partial charge in [-0.05, 0) is 35.2 Å². The molecule has 1 atom stereocenters. The van der Waals surface area contributed by atoms with Crippen LogP contribution in [0.4, 0.5) is 0 Å². The van der Waals surface area contributed by atoms with Gasteiger partial charge in [0.05, 0.1) is 6.26 Å². The normalized spacial score (nSPS) is 13.1. The van der Waals surface area contributed by atoms with Crippen LogP contribution in [0, 0.1) is 0 Å². The molecular weight excluding hydrogens is 308 g/mol. The minimum Gasteiger partial charge on any atom is -0.262 e. The van der Waals surface area contributed by atoms with Gasteiger partial charge in [-0.2, -0.15) is 8.42 Å². The van der Waals surface area contributed by atoms with Gasteiger partial charge in [0.25, 0.3) is 10.1 Å². The van der Waals surface area contributed by atoms with Crippen LogP contribution in [-0.4, -0.2) is 14.7 Å². The molecule has 0 aliphatic carbocycles. The lowest BCUT2D eigenvalue weighted by Crippen LogP contribution is -2.09. The van der Waals surface area contributed by atoms with E-state index in [0.29, 0.717) is 11.4 Å². The predicted molar refractivity (Wildman–Crippen MR) is 85.8 cm³/mol. The van der Waals surface area contributed by atoms with Crippen molar-refractivity contribution in [3.63, 3.8) is 0 Å². The van der Waals surface area contributed by atoms with Crippen LogP contribution in [0.25, 0.3) is 11.1 Å². The standard InChI is InChI=1S/C16H17ClO3S/c1-3-16(20-21(2,18)19)14-6-4-12(5-7-14)13-8-10-15(17)11-9-13/h4-11,16H,3H2,1-2H3. The van der Waals surface area contributed by atoms with Gasteiger partial charge in [0.15, 0.2) is 0 Å². The monoisotopic (exact) mass is 324 g/mol. The van der Waals surface area contributed by atoms with Crippen LogP contribution in [-0.2, 0) is 14.3 Å². The highest BCUT2D eigenvalue weighted by Gasteiger charge is 2.15. The Balaban J connectivity index is 2.23. The molecule has 2 aromatic rings. The number of rotatable bonds is 5. The minimum absolute atomic E-state index is 0.445. The first-order chi connectivity index (χ1) is 9.89. The lowest BCUT2D eigenvalue weighted by Gasteiger charge is -2.15. The summed E-state index contributed by atoms with van der Waals surface area (Å²) in [6.45, 7) is 1.89. The topological polar surface area (TPSA) is 43.4 Å². The zero-order valence-corrected chi connectivity index (χ0v) is 13.5. The number of benzene rings is 2. The van der Waals surface area contributed by atoms with Crippen LogP contribution in [0.5, 0.6) is 0 Å². The van der Waals surface area contributed by atoms with E-state index in [0.717, 1.165) is 22.9 Å². The minimum atomic E-state index is -3.47. The first-order valence-electron chi connectivity index (χ1n) is 6.63. The molecule has 0 fully saturated rings. The van der Waals surface area contributed by atoms with Gasteiger partial charge in [-0.1, -0.05) is 54.9 Å². The maximum absolute atomic E-state index is 11.3. The van der Waals surface area contributed by atoms with Gasteiger partial charge < -0.3 is 0 Å². The molecule has 0 aliphatic rings. The smallest absolute Gasteiger partial charge is 0.262 e. The second kappa shape index (κ2) is 6.60. The maximum Gasteiger partial charge on any atom is 0.264 e. The van der Waals surface area contributed by atoms with Crippen LogP contribution >= 0.6 is 11.6 Å². The van der Waals surface area contributed by atoms with Crippen LogP contribution < -0.4 is 0 Å². The Morgan fingerprint density at radius 1 is 1.00 bits per heavy atom. The third kappa shape index (κ3) is 4.56. The Labute approximate surface area is 130 Å². The lowest BCUT2D eigenvalue weighted by molar-refractivity contribution is 0.211. The van der Waals surface area contributed by atoms with E-state index in [9.17, 15) is 8.42 Å². The molecule has 3 nitrogen and oxygen atoms in total. The van der Waals surface area contributed by atoms with E-state index in [1.54, 1.807) is 0 Å². The van der Waals surface area contributed by atoms with Crippen molar-refractivity contribution in [3.05, 3.63) is 59.1 Å². The van der Waals surface area contributed by atoms with E-state index < -0.39 is 16.2 Å². The second-order valence-electron chi connectivity index (χ2n) is 4.83. The van der Waals surface area contributed by atoms with E-state index in [2.05, 4.69) is 0 Å². The third-order valence-corrected chi connectivity index (χ3v) is 3.96. The molecule has 5 heteroatoms. The van der Waals surface area contributed by atoms with Crippen molar-refractivity contribution in [1.29, 1.82) is 0 Å². The molecule has 0 bridgehead atoms. The van der Waals surface area contributed by atoms with Crippen LogP contribution in [0.3, 0.4) is 0 Å². The molecule has 0 amide bonds. The van der Waals surface area contributed by atoms with Gasteiger partial charge in [-0.15, -0.1) is 0 Å². The summed E-state index contributed by atoms with van der Waals surface area (Å²) in [4.78, 5) is 0. The lowest BCUT2D eigenvalue weighted by atomic mass is 10.0. The van der Waals surface area contributed by atoms with E-state index in [1.807, 2.05) is 55.5 Å². The van der Waals surface area contributed by atoms with Crippen LogP contribution in [0.1, 0.15) is 25.0 Å². The fourth-order valence-corrected chi connectivity index (χ4v) is 2.90. The zero-order chi connectivity index (χ0) is 15.5. The van der Waals surface area contributed by atoms with Crippen molar-refractivity contribution in [2.75, 3.05) is 6.26 Å². The van der Waals surface area contributed by atoms with Crippen molar-refractivity contribution >= 4 is 21.7 Å². The van der Waals surface area contributed by atoms with Gasteiger partial charge in [-0.25, -0.2) is 0 Å². The molecule has 0 radical (unpaired) electrons. The van der Waals surface area contributed by atoms with Gasteiger partial charge in [0, 0.05) is 5.02 Å². The average Bonchev–Trinajstić information content (AvgIpc) is 2.45. The molecule has 0 saturated heterocycles. The van der Waals surface area contributed by atoms with E-state index in [-0.39, 0.29) is 0 Å². The van der Waals surface area contributed by atoms with Crippen molar-refractivity contribution in [2.24, 2.45) is 0 Å². The van der Waals surface area contributed by atoms with Gasteiger partial charge in [-0.3, -0.25) is 4.18 Å². The molecule has 21 heavy (non-hydrogen) atoms. The van der Waals surface area contributed by atoms with Crippen molar-refractivity contribution in [2.45, 2.75) is 19.4 Å². The number of hydrogen-bond donors (Lipinski definition) is 0. The number of halogens is 1. The van der Waals surface area contributed by atoms with Crippen LogP contribution in [0.2, 0.25) is 5.02 Å². The summed E-state index contributed by atoms with van der Waals surface area (Å²) < 4.78 is 27.6. The predicted octanol–water partition coefficient (Wildman–Crippen LogP) is 4.43. The fraction of sp³-hybridized carbons (Fsp3) is 0.250. The summed E-state index contributed by atoms with van der Waals surface area (Å²) in [5, 5.41) is 0.697. The molecule has 0 spiro atoms. The highest BCUT2D eigenvalue weighted by atomic mass is 35.5. The maximum atomic E-state index is 11.3. The van der Waals surface area contributed by atoms with Crippen molar-refractivity contribution < 1.29 is 12.6 Å². The van der Waals surface area contributed by atoms with E-state index in [1.165, 1.54) is 0 Å². The quantitative estimate of drug-likeness (QED) is 0.764. The van der Waals surface area contributed by atoms with Crippen molar-refractivity contribution in [3.8, 4) is 11.1 Å². The molecule has 0 aromatic heterocycles. The molecule has 0 saturated carbocycles. The molecule has 0 heterocycles. The summed E-state index contributed by atoms with van der Waals surface area (Å²) in [5.74, 6) is 0. The first-order valence-corrected chi connectivity index (χ1v) is 8.82. The van der Waals surface area contributed by atoms with Gasteiger partial charge >= 0.3 is 0 Å². The molecule has 112 valence electrons. The summed E-state index contributed by atoms with van der Waals surface area (Å²) in [6.07, 6.45) is 1.21. The van der Waals surface area contributed by atoms with Crippen molar-refractivity contribution in [1.82, 2.24) is 0 Å². The number of hydrogen-bond acceptors (Lipinski definition) is 3. The summed E-state index contributed by atoms with van der Waals surface area (Å²) in [7, 11) is -3.47. The Bertz CT molecular complexity index is 691. The Morgan fingerprint density at radius 3 is 1.90 bits per heavy atom. The molecule has 0 N–H and O–H groups in total. The Hall–Kier alpha value is -1.36. The molecular formula is C16H17ClO3S. The molecule has 1 unspecified atom stereocenters. The Kier molecular flexibility index (Phi) is 5.04. The largest absolute Gasteiger partial charge is 0.264 e. The van der Waals surface area contributed by atoms with Crippen LogP contribution in [0.15, 0.2) is 48.5 Å². The van der Waals surface area contributed by atoms with E-state index >= 15 is 0 Å². The summed E-state index contributed by atoms with van der Waals surface area (Å²) in [5.41, 5.74) is 2.95. The molecule has 0 aliphatic heterocycles. The molecule has 2 aromatic carbocycles. The molecule has 2 rings (SSSR count).